The van der Waals surface area contributed by atoms with Gasteiger partial charge in [-0.1, -0.05) is 12.1 Å². The maximum Gasteiger partial charge on any atom is 0.190 e. The Balaban J connectivity index is 0.00000576. The molecule has 0 saturated carbocycles. The molecule has 0 fully saturated rings. The van der Waals surface area contributed by atoms with E-state index in [9.17, 15) is 0 Å². The first kappa shape index (κ1) is 23.9. The van der Waals surface area contributed by atoms with Gasteiger partial charge in [-0.2, -0.15) is 0 Å². The van der Waals surface area contributed by atoms with Gasteiger partial charge in [-0.15, -0.1) is 24.0 Å². The Labute approximate surface area is 169 Å². The van der Waals surface area contributed by atoms with Gasteiger partial charge < -0.3 is 25.0 Å². The summed E-state index contributed by atoms with van der Waals surface area (Å²) in [6, 6.07) is 8.63. The Hall–Kier alpha value is -1.06. The standard InChI is InChI=1S/C18H32N4O2.HI/c1-19-18(20-11-5-13-24-15-14-23-4)21-12-10-16-6-8-17(9-7-16)22(2)3;/h6-9H,5,10-15H2,1-4H3,(H2,19,20,21);1H. The molecule has 25 heavy (non-hydrogen) atoms. The van der Waals surface area contributed by atoms with E-state index in [4.69, 9.17) is 9.47 Å². The van der Waals surface area contributed by atoms with Crippen LogP contribution in [0.3, 0.4) is 0 Å². The highest BCUT2D eigenvalue weighted by molar-refractivity contribution is 14.0. The van der Waals surface area contributed by atoms with E-state index in [1.54, 1.807) is 14.2 Å². The number of benzene rings is 1. The van der Waals surface area contributed by atoms with Crippen LogP contribution in [-0.4, -0.2) is 67.1 Å². The summed E-state index contributed by atoms with van der Waals surface area (Å²) in [6.45, 7) is 3.71. The third-order valence-corrected chi connectivity index (χ3v) is 3.57. The Morgan fingerprint density at radius 1 is 1.04 bits per heavy atom. The Morgan fingerprint density at radius 2 is 1.72 bits per heavy atom. The van der Waals surface area contributed by atoms with E-state index in [1.165, 1.54) is 11.3 Å². The van der Waals surface area contributed by atoms with Crippen LogP contribution in [0, 0.1) is 0 Å². The molecule has 0 heterocycles. The minimum Gasteiger partial charge on any atom is -0.382 e. The molecular weight excluding hydrogens is 431 g/mol. The molecular formula is C18H33IN4O2. The van der Waals surface area contributed by atoms with Gasteiger partial charge >= 0.3 is 0 Å². The summed E-state index contributed by atoms with van der Waals surface area (Å²) in [5.41, 5.74) is 2.53. The molecule has 0 aliphatic rings. The highest BCUT2D eigenvalue weighted by Crippen LogP contribution is 2.12. The number of guanidine groups is 1. The molecule has 2 N–H and O–H groups in total. The number of hydrogen-bond donors (Lipinski definition) is 2. The normalized spacial score (nSPS) is 11.0. The third kappa shape index (κ3) is 11.2. The largest absolute Gasteiger partial charge is 0.382 e. The van der Waals surface area contributed by atoms with E-state index in [0.29, 0.717) is 13.2 Å². The number of nitrogens with one attached hydrogen (secondary N) is 2. The molecule has 0 bridgehead atoms. The highest BCUT2D eigenvalue weighted by atomic mass is 127. The average Bonchev–Trinajstić information content (AvgIpc) is 2.59. The SMILES string of the molecule is CN=C(NCCCOCCOC)NCCc1ccc(N(C)C)cc1.I. The van der Waals surface area contributed by atoms with Crippen molar-refractivity contribution in [2.75, 3.05) is 66.1 Å². The summed E-state index contributed by atoms with van der Waals surface area (Å²) >= 11 is 0. The molecule has 7 heteroatoms. The fourth-order valence-corrected chi connectivity index (χ4v) is 2.13. The predicted octanol–water partition coefficient (Wildman–Crippen LogP) is 2.13. The van der Waals surface area contributed by atoms with Crippen LogP contribution < -0.4 is 15.5 Å². The first-order chi connectivity index (χ1) is 11.7. The first-order valence-electron chi connectivity index (χ1n) is 8.45. The molecule has 0 unspecified atom stereocenters. The van der Waals surface area contributed by atoms with E-state index in [1.807, 2.05) is 0 Å². The molecule has 1 aromatic rings. The van der Waals surface area contributed by atoms with Crippen molar-refractivity contribution < 1.29 is 9.47 Å². The fraction of sp³-hybridized carbons (Fsp3) is 0.611. The summed E-state index contributed by atoms with van der Waals surface area (Å²) in [6.07, 6.45) is 1.91. The van der Waals surface area contributed by atoms with Crippen LogP contribution in [0.4, 0.5) is 5.69 Å². The van der Waals surface area contributed by atoms with E-state index in [2.05, 4.69) is 58.9 Å². The molecule has 0 saturated heterocycles. The molecule has 0 aromatic heterocycles. The number of rotatable bonds is 11. The molecule has 0 spiro atoms. The average molecular weight is 464 g/mol. The van der Waals surface area contributed by atoms with Gasteiger partial charge in [-0.25, -0.2) is 0 Å². The topological polar surface area (TPSA) is 58.1 Å². The van der Waals surface area contributed by atoms with Crippen molar-refractivity contribution in [3.8, 4) is 0 Å². The Kier molecular flexibility index (Phi) is 14.6. The molecule has 0 radical (unpaired) electrons. The van der Waals surface area contributed by atoms with Crippen LogP contribution in [0.1, 0.15) is 12.0 Å². The zero-order valence-corrected chi connectivity index (χ0v) is 18.2. The van der Waals surface area contributed by atoms with E-state index in [-0.39, 0.29) is 24.0 Å². The molecule has 0 aliphatic carbocycles. The second-order valence-electron chi connectivity index (χ2n) is 5.70. The molecule has 0 aliphatic heterocycles. The number of hydrogen-bond acceptors (Lipinski definition) is 4. The van der Waals surface area contributed by atoms with Crippen LogP contribution in [0.15, 0.2) is 29.3 Å². The first-order valence-corrected chi connectivity index (χ1v) is 8.45. The summed E-state index contributed by atoms with van der Waals surface area (Å²) in [5, 5.41) is 6.63. The van der Waals surface area contributed by atoms with E-state index in [0.717, 1.165) is 38.5 Å². The monoisotopic (exact) mass is 464 g/mol. The number of nitrogens with zero attached hydrogens (tertiary/aromatic N) is 2. The Bertz CT molecular complexity index is 467. The van der Waals surface area contributed by atoms with Crippen molar-refractivity contribution in [2.45, 2.75) is 12.8 Å². The lowest BCUT2D eigenvalue weighted by molar-refractivity contribution is 0.0698. The minimum absolute atomic E-state index is 0. The van der Waals surface area contributed by atoms with Gasteiger partial charge in [0.1, 0.15) is 0 Å². The van der Waals surface area contributed by atoms with Gasteiger partial charge in [0.25, 0.3) is 0 Å². The highest BCUT2D eigenvalue weighted by Gasteiger charge is 1.99. The maximum absolute atomic E-state index is 5.43. The molecule has 0 atom stereocenters. The quantitative estimate of drug-likeness (QED) is 0.228. The smallest absolute Gasteiger partial charge is 0.190 e. The lowest BCUT2D eigenvalue weighted by atomic mass is 10.1. The van der Waals surface area contributed by atoms with E-state index < -0.39 is 0 Å². The molecule has 1 rings (SSSR count). The number of aliphatic imine (C=N–C) groups is 1. The second-order valence-corrected chi connectivity index (χ2v) is 5.70. The minimum atomic E-state index is 0. The van der Waals surface area contributed by atoms with Crippen molar-refractivity contribution in [3.05, 3.63) is 29.8 Å². The number of anilines is 1. The van der Waals surface area contributed by atoms with Crippen molar-refractivity contribution in [1.29, 1.82) is 0 Å². The summed E-state index contributed by atoms with van der Waals surface area (Å²) in [5.74, 6) is 0.830. The molecule has 144 valence electrons. The fourth-order valence-electron chi connectivity index (χ4n) is 2.13. The zero-order chi connectivity index (χ0) is 17.6. The van der Waals surface area contributed by atoms with Crippen molar-refractivity contribution in [1.82, 2.24) is 10.6 Å². The van der Waals surface area contributed by atoms with Crippen LogP contribution in [0.2, 0.25) is 0 Å². The predicted molar refractivity (Wildman–Crippen MR) is 117 cm³/mol. The summed E-state index contributed by atoms with van der Waals surface area (Å²) < 4.78 is 10.4. The van der Waals surface area contributed by atoms with Gasteiger partial charge in [0, 0.05) is 53.6 Å². The van der Waals surface area contributed by atoms with Gasteiger partial charge in [0.05, 0.1) is 13.2 Å². The van der Waals surface area contributed by atoms with Gasteiger partial charge in [0.15, 0.2) is 5.96 Å². The van der Waals surface area contributed by atoms with Crippen LogP contribution in [0.25, 0.3) is 0 Å². The zero-order valence-electron chi connectivity index (χ0n) is 15.9. The summed E-state index contributed by atoms with van der Waals surface area (Å²) in [7, 11) is 7.57. The lowest BCUT2D eigenvalue weighted by Gasteiger charge is -2.14. The van der Waals surface area contributed by atoms with Crippen LogP contribution >= 0.6 is 24.0 Å². The van der Waals surface area contributed by atoms with Gasteiger partial charge in [-0.05, 0) is 30.5 Å². The van der Waals surface area contributed by atoms with Gasteiger partial charge in [-0.3, -0.25) is 4.99 Å². The Morgan fingerprint density at radius 3 is 2.32 bits per heavy atom. The molecule has 1 aromatic carbocycles. The number of halogens is 1. The van der Waals surface area contributed by atoms with Gasteiger partial charge in [0.2, 0.25) is 0 Å². The number of methoxy groups -OCH3 is 1. The van der Waals surface area contributed by atoms with Crippen molar-refractivity contribution in [3.63, 3.8) is 0 Å². The second kappa shape index (κ2) is 15.2. The molecule has 6 nitrogen and oxygen atoms in total. The maximum atomic E-state index is 5.43. The van der Waals surface area contributed by atoms with Crippen LogP contribution in [0.5, 0.6) is 0 Å². The van der Waals surface area contributed by atoms with Crippen LogP contribution in [-0.2, 0) is 15.9 Å². The summed E-state index contributed by atoms with van der Waals surface area (Å²) in [4.78, 5) is 6.33. The lowest BCUT2D eigenvalue weighted by Crippen LogP contribution is -2.39. The third-order valence-electron chi connectivity index (χ3n) is 3.57. The van der Waals surface area contributed by atoms with Crippen molar-refractivity contribution in [2.24, 2.45) is 4.99 Å². The van der Waals surface area contributed by atoms with E-state index >= 15 is 0 Å². The molecule has 0 amide bonds. The number of ether oxygens (including phenoxy) is 2. The van der Waals surface area contributed by atoms with Crippen molar-refractivity contribution >= 4 is 35.6 Å².